The minimum absolute atomic E-state index is 0.0730. The number of ketones is 1. The summed E-state index contributed by atoms with van der Waals surface area (Å²) < 4.78 is 1.20. The molecule has 7 nitrogen and oxygen atoms in total. The zero-order valence-corrected chi connectivity index (χ0v) is 19.3. The second kappa shape index (κ2) is 10.9. The summed E-state index contributed by atoms with van der Waals surface area (Å²) in [7, 11) is 0. The molecular weight excluding hydrogens is 418 g/mol. The van der Waals surface area contributed by atoms with Gasteiger partial charge in [0.1, 0.15) is 0 Å². The minimum Gasteiger partial charge on any atom is -0.340 e. The highest BCUT2D eigenvalue weighted by Crippen LogP contribution is 2.24. The van der Waals surface area contributed by atoms with Crippen LogP contribution in [0.2, 0.25) is 0 Å². The van der Waals surface area contributed by atoms with Gasteiger partial charge in [0.25, 0.3) is 11.5 Å². The summed E-state index contributed by atoms with van der Waals surface area (Å²) in [4.78, 5) is 55.6. The van der Waals surface area contributed by atoms with Crippen LogP contribution < -0.4 is 5.56 Å². The third kappa shape index (κ3) is 5.66. The molecule has 174 valence electrons. The summed E-state index contributed by atoms with van der Waals surface area (Å²) in [5.74, 6) is -0.942. The van der Waals surface area contributed by atoms with E-state index < -0.39 is 23.3 Å². The van der Waals surface area contributed by atoms with E-state index in [2.05, 4.69) is 6.58 Å². The van der Waals surface area contributed by atoms with Gasteiger partial charge in [-0.15, -0.1) is 0 Å². The first-order valence-corrected chi connectivity index (χ1v) is 11.3. The third-order valence-corrected chi connectivity index (χ3v) is 5.98. The molecule has 1 aromatic heterocycles. The number of likely N-dealkylation sites (tertiary alicyclic amines) is 1. The molecule has 0 radical (unpaired) electrons. The van der Waals surface area contributed by atoms with E-state index in [-0.39, 0.29) is 11.8 Å². The summed E-state index contributed by atoms with van der Waals surface area (Å²) in [6.07, 6.45) is 2.51. The number of amides is 2. The van der Waals surface area contributed by atoms with Crippen LogP contribution in [0.3, 0.4) is 0 Å². The fourth-order valence-corrected chi connectivity index (χ4v) is 4.22. The number of aromatic nitrogens is 1. The van der Waals surface area contributed by atoms with Crippen LogP contribution in [0.4, 0.5) is 0 Å². The van der Waals surface area contributed by atoms with E-state index in [1.165, 1.54) is 16.8 Å². The summed E-state index contributed by atoms with van der Waals surface area (Å²) in [6, 6.07) is 11.8. The maximum Gasteiger partial charge on any atom is 0.253 e. The van der Waals surface area contributed by atoms with Crippen molar-refractivity contribution in [3.63, 3.8) is 0 Å². The normalized spacial score (nSPS) is 15.0. The van der Waals surface area contributed by atoms with E-state index in [4.69, 9.17) is 0 Å². The molecule has 0 N–H and O–H groups in total. The molecule has 2 aromatic rings. The molecule has 0 saturated carbocycles. The van der Waals surface area contributed by atoms with Crippen LogP contribution in [-0.4, -0.2) is 58.1 Å². The summed E-state index contributed by atoms with van der Waals surface area (Å²) in [5, 5.41) is 0. The number of carbonyl (C=O) groups is 3. The molecule has 1 atom stereocenters. The molecule has 1 saturated heterocycles. The molecule has 7 heteroatoms. The second-order valence-corrected chi connectivity index (χ2v) is 8.49. The van der Waals surface area contributed by atoms with E-state index in [1.807, 2.05) is 13.8 Å². The monoisotopic (exact) mass is 449 g/mol. The van der Waals surface area contributed by atoms with Crippen molar-refractivity contribution in [3.8, 4) is 0 Å². The number of carbonyl (C=O) groups excluding carboxylic acids is 3. The Kier molecular flexibility index (Phi) is 7.98. The number of rotatable bonds is 8. The van der Waals surface area contributed by atoms with E-state index in [0.29, 0.717) is 44.6 Å². The fraction of sp³-hybridized carbons (Fsp3) is 0.385. The zero-order valence-electron chi connectivity index (χ0n) is 19.3. The Balaban J connectivity index is 1.79. The lowest BCUT2D eigenvalue weighted by molar-refractivity contribution is -0.141. The van der Waals surface area contributed by atoms with Gasteiger partial charge >= 0.3 is 0 Å². The predicted octanol–water partition coefficient (Wildman–Crippen LogP) is 2.94. The van der Waals surface area contributed by atoms with Crippen molar-refractivity contribution in [2.75, 3.05) is 26.2 Å². The Labute approximate surface area is 194 Å². The lowest BCUT2D eigenvalue weighted by Gasteiger charge is -2.35. The maximum absolute atomic E-state index is 13.5. The van der Waals surface area contributed by atoms with Gasteiger partial charge in [-0.2, -0.15) is 0 Å². The van der Waals surface area contributed by atoms with Crippen molar-refractivity contribution >= 4 is 17.6 Å². The molecule has 0 bridgehead atoms. The number of hydrogen-bond acceptors (Lipinski definition) is 4. The molecule has 2 heterocycles. The highest BCUT2D eigenvalue weighted by Gasteiger charge is 2.36. The maximum atomic E-state index is 13.5. The summed E-state index contributed by atoms with van der Waals surface area (Å²) in [6.45, 7) is 9.59. The number of nitrogens with zero attached hydrogens (tertiary/aromatic N) is 3. The minimum atomic E-state index is -1.27. The molecule has 1 aliphatic heterocycles. The molecule has 1 aromatic carbocycles. The van der Waals surface area contributed by atoms with E-state index >= 15 is 0 Å². The lowest BCUT2D eigenvalue weighted by atomic mass is 9.93. The molecule has 0 spiro atoms. The van der Waals surface area contributed by atoms with Crippen LogP contribution in [0.15, 0.2) is 71.7 Å². The first-order valence-electron chi connectivity index (χ1n) is 11.3. The van der Waals surface area contributed by atoms with Crippen molar-refractivity contribution in [2.45, 2.75) is 32.7 Å². The van der Waals surface area contributed by atoms with Crippen LogP contribution in [0.5, 0.6) is 0 Å². The van der Waals surface area contributed by atoms with Gasteiger partial charge in [-0.1, -0.05) is 48.6 Å². The first-order chi connectivity index (χ1) is 15.8. The van der Waals surface area contributed by atoms with Gasteiger partial charge in [0.2, 0.25) is 5.91 Å². The molecule has 33 heavy (non-hydrogen) atoms. The lowest BCUT2D eigenvalue weighted by Crippen LogP contribution is -2.49. The summed E-state index contributed by atoms with van der Waals surface area (Å²) in [5.41, 5.74) is 0.881. The third-order valence-electron chi connectivity index (χ3n) is 5.98. The Hall–Kier alpha value is -3.48. The fourth-order valence-electron chi connectivity index (χ4n) is 4.22. The average Bonchev–Trinajstić information content (AvgIpc) is 2.83. The van der Waals surface area contributed by atoms with Gasteiger partial charge in [0, 0.05) is 49.9 Å². The quantitative estimate of drug-likeness (QED) is 0.353. The van der Waals surface area contributed by atoms with Crippen molar-refractivity contribution in [1.82, 2.24) is 14.4 Å². The second-order valence-electron chi connectivity index (χ2n) is 8.49. The van der Waals surface area contributed by atoms with Crippen molar-refractivity contribution in [3.05, 3.63) is 82.8 Å². The molecular formula is C26H31N3O4. The largest absolute Gasteiger partial charge is 0.340 e. The number of pyridine rings is 1. The van der Waals surface area contributed by atoms with E-state index in [9.17, 15) is 19.2 Å². The van der Waals surface area contributed by atoms with Crippen LogP contribution >= 0.6 is 0 Å². The topological polar surface area (TPSA) is 79.7 Å². The van der Waals surface area contributed by atoms with E-state index in [0.717, 1.165) is 5.57 Å². The molecule has 1 aliphatic rings. The van der Waals surface area contributed by atoms with Crippen LogP contribution in [0.1, 0.15) is 43.1 Å². The molecule has 3 rings (SSSR count). The molecule has 0 aliphatic carbocycles. The number of likely N-dealkylation sites (N-methyl/N-ethyl adjacent to an activating group) is 1. The molecule has 2 amide bonds. The van der Waals surface area contributed by atoms with Gasteiger partial charge in [0.15, 0.2) is 11.8 Å². The van der Waals surface area contributed by atoms with Gasteiger partial charge in [-0.25, -0.2) is 0 Å². The zero-order chi connectivity index (χ0) is 24.0. The van der Waals surface area contributed by atoms with Crippen molar-refractivity contribution in [2.24, 2.45) is 5.92 Å². The molecule has 1 fully saturated rings. The predicted molar refractivity (Wildman–Crippen MR) is 127 cm³/mol. The Bertz CT molecular complexity index is 1070. The summed E-state index contributed by atoms with van der Waals surface area (Å²) >= 11 is 0. The highest BCUT2D eigenvalue weighted by atomic mass is 16.2. The first kappa shape index (κ1) is 24.2. The smallest absolute Gasteiger partial charge is 0.253 e. The molecule has 1 unspecified atom stereocenters. The van der Waals surface area contributed by atoms with E-state index in [1.54, 1.807) is 52.3 Å². The highest BCUT2D eigenvalue weighted by molar-refractivity contribution is 6.11. The van der Waals surface area contributed by atoms with Crippen molar-refractivity contribution in [1.29, 1.82) is 0 Å². The SMILES string of the molecule is C=C(C)CN(CC)C(=O)C1CCN(C(=O)C(C(=O)c2ccccc2)n2ccccc2=O)CC1. The Morgan fingerprint density at radius 1 is 1.06 bits per heavy atom. The van der Waals surface area contributed by atoms with Crippen molar-refractivity contribution < 1.29 is 14.4 Å². The van der Waals surface area contributed by atoms with Crippen LogP contribution in [-0.2, 0) is 9.59 Å². The Morgan fingerprint density at radius 2 is 1.70 bits per heavy atom. The standard InChI is InChI=1S/C26H31N3O4/c1-4-27(18-19(2)3)25(32)21-13-16-28(17-14-21)26(33)23(29-15-9-8-12-22(29)30)24(31)20-10-6-5-7-11-20/h5-12,15,21,23H,2,4,13-14,16-18H2,1,3H3. The number of benzene rings is 1. The number of piperidine rings is 1. The van der Waals surface area contributed by atoms with Gasteiger partial charge in [0.05, 0.1) is 0 Å². The van der Waals surface area contributed by atoms with Gasteiger partial charge in [-0.05, 0) is 32.8 Å². The van der Waals surface area contributed by atoms with Gasteiger partial charge < -0.3 is 9.80 Å². The Morgan fingerprint density at radius 3 is 2.27 bits per heavy atom. The van der Waals surface area contributed by atoms with Crippen LogP contribution in [0.25, 0.3) is 0 Å². The average molecular weight is 450 g/mol. The number of hydrogen-bond donors (Lipinski definition) is 0. The van der Waals surface area contributed by atoms with Crippen LogP contribution in [0, 0.1) is 5.92 Å². The number of Topliss-reactive ketones (excluding diaryl/α,β-unsaturated/α-hetero) is 1. The van der Waals surface area contributed by atoms with Gasteiger partial charge in [-0.3, -0.25) is 23.7 Å².